The lowest BCUT2D eigenvalue weighted by Gasteiger charge is -2.25. The van der Waals surface area contributed by atoms with Crippen molar-refractivity contribution >= 4 is 11.8 Å². The first-order valence-electron chi connectivity index (χ1n) is 4.79. The van der Waals surface area contributed by atoms with E-state index in [-0.39, 0.29) is 0 Å². The zero-order chi connectivity index (χ0) is 11.0. The minimum absolute atomic E-state index is 0.336. The van der Waals surface area contributed by atoms with Gasteiger partial charge in [0, 0.05) is 24.7 Å². The molecular formula is C10H20N2OS. The van der Waals surface area contributed by atoms with Gasteiger partial charge < -0.3 is 4.74 Å². The van der Waals surface area contributed by atoms with Crippen molar-refractivity contribution in [3.63, 3.8) is 0 Å². The van der Waals surface area contributed by atoms with Gasteiger partial charge in [-0.15, -0.1) is 0 Å². The fourth-order valence-electron chi connectivity index (χ4n) is 1.16. The zero-order valence-electron chi connectivity index (χ0n) is 9.46. The third kappa shape index (κ3) is 6.25. The second kappa shape index (κ2) is 7.10. The van der Waals surface area contributed by atoms with Gasteiger partial charge >= 0.3 is 0 Å². The van der Waals surface area contributed by atoms with E-state index >= 15 is 0 Å². The fraction of sp³-hybridized carbons (Fsp3) is 0.900. The number of nitriles is 1. The number of nitrogens with zero attached hydrogens (tertiary/aromatic N) is 1. The van der Waals surface area contributed by atoms with Gasteiger partial charge in [-0.3, -0.25) is 5.32 Å². The highest BCUT2D eigenvalue weighted by Crippen LogP contribution is 2.13. The van der Waals surface area contributed by atoms with Crippen LogP contribution in [0, 0.1) is 11.3 Å². The highest BCUT2D eigenvalue weighted by Gasteiger charge is 2.23. The molecule has 82 valence electrons. The summed E-state index contributed by atoms with van der Waals surface area (Å²) in [5, 5.41) is 12.3. The van der Waals surface area contributed by atoms with Crippen LogP contribution in [0.15, 0.2) is 0 Å². The summed E-state index contributed by atoms with van der Waals surface area (Å²) >= 11 is 1.74. The van der Waals surface area contributed by atoms with Crippen LogP contribution in [-0.4, -0.2) is 36.8 Å². The maximum absolute atomic E-state index is 9.03. The molecule has 3 nitrogen and oxygen atoms in total. The summed E-state index contributed by atoms with van der Waals surface area (Å²) in [4.78, 5) is 0. The number of hydrogen-bond donors (Lipinski definition) is 1. The Morgan fingerprint density at radius 1 is 1.57 bits per heavy atom. The molecule has 0 heterocycles. The molecule has 0 spiro atoms. The average Bonchev–Trinajstić information content (AvgIpc) is 2.11. The standard InChI is InChI=1S/C10H20N2OS/c1-9(2)12-10(3,7-11)8-14-6-5-13-4/h9,12H,5-6,8H2,1-4H3. The van der Waals surface area contributed by atoms with Crippen molar-refractivity contribution in [3.8, 4) is 6.07 Å². The van der Waals surface area contributed by atoms with Crippen molar-refractivity contribution in [2.45, 2.75) is 32.4 Å². The molecule has 0 radical (unpaired) electrons. The largest absolute Gasteiger partial charge is 0.384 e. The van der Waals surface area contributed by atoms with Gasteiger partial charge in [0.2, 0.25) is 0 Å². The molecule has 1 atom stereocenters. The average molecular weight is 216 g/mol. The Balaban J connectivity index is 3.83. The summed E-state index contributed by atoms with van der Waals surface area (Å²) in [7, 11) is 1.69. The summed E-state index contributed by atoms with van der Waals surface area (Å²) in [5.41, 5.74) is -0.424. The van der Waals surface area contributed by atoms with Crippen molar-refractivity contribution in [1.29, 1.82) is 5.26 Å². The Kier molecular flexibility index (Phi) is 6.98. The van der Waals surface area contributed by atoms with Gasteiger partial charge in [0.15, 0.2) is 0 Å². The number of rotatable bonds is 7. The number of thioether (sulfide) groups is 1. The Morgan fingerprint density at radius 3 is 2.64 bits per heavy atom. The number of hydrogen-bond acceptors (Lipinski definition) is 4. The maximum Gasteiger partial charge on any atom is 0.113 e. The molecule has 4 heteroatoms. The quantitative estimate of drug-likeness (QED) is 0.657. The molecule has 1 N–H and O–H groups in total. The highest BCUT2D eigenvalue weighted by atomic mass is 32.2. The third-order valence-electron chi connectivity index (χ3n) is 1.68. The van der Waals surface area contributed by atoms with Gasteiger partial charge in [0.25, 0.3) is 0 Å². The van der Waals surface area contributed by atoms with E-state index in [0.717, 1.165) is 18.1 Å². The predicted molar refractivity (Wildman–Crippen MR) is 61.5 cm³/mol. The van der Waals surface area contributed by atoms with Gasteiger partial charge in [-0.05, 0) is 20.8 Å². The molecule has 0 aromatic carbocycles. The summed E-state index contributed by atoms with van der Waals surface area (Å²) in [6.07, 6.45) is 0. The Labute approximate surface area is 91.2 Å². The fourth-order valence-corrected chi connectivity index (χ4v) is 2.15. The summed E-state index contributed by atoms with van der Waals surface area (Å²) < 4.78 is 4.95. The van der Waals surface area contributed by atoms with Crippen LogP contribution in [0.4, 0.5) is 0 Å². The SMILES string of the molecule is COCCSCC(C)(C#N)NC(C)C. The van der Waals surface area contributed by atoms with Gasteiger partial charge in [0.05, 0.1) is 12.7 Å². The molecular weight excluding hydrogens is 196 g/mol. The first-order valence-corrected chi connectivity index (χ1v) is 5.95. The predicted octanol–water partition coefficient (Wildman–Crippen LogP) is 1.65. The summed E-state index contributed by atoms with van der Waals surface area (Å²) in [6, 6.07) is 2.65. The Bertz CT molecular complexity index is 191. The van der Waals surface area contributed by atoms with Crippen LogP contribution in [0.2, 0.25) is 0 Å². The van der Waals surface area contributed by atoms with Crippen LogP contribution < -0.4 is 5.32 Å². The van der Waals surface area contributed by atoms with Gasteiger partial charge in [-0.2, -0.15) is 17.0 Å². The van der Waals surface area contributed by atoms with Crippen LogP contribution in [0.1, 0.15) is 20.8 Å². The molecule has 0 bridgehead atoms. The number of nitrogens with one attached hydrogen (secondary N) is 1. The lowest BCUT2D eigenvalue weighted by molar-refractivity contribution is 0.218. The van der Waals surface area contributed by atoms with Crippen LogP contribution in [-0.2, 0) is 4.74 Å². The van der Waals surface area contributed by atoms with E-state index in [4.69, 9.17) is 10.00 Å². The second-order valence-electron chi connectivity index (χ2n) is 3.79. The monoisotopic (exact) mass is 216 g/mol. The van der Waals surface area contributed by atoms with Crippen LogP contribution in [0.5, 0.6) is 0 Å². The molecule has 14 heavy (non-hydrogen) atoms. The van der Waals surface area contributed by atoms with Gasteiger partial charge in [0.1, 0.15) is 5.54 Å². The van der Waals surface area contributed by atoms with Crippen LogP contribution >= 0.6 is 11.8 Å². The molecule has 0 aliphatic carbocycles. The minimum atomic E-state index is -0.424. The van der Waals surface area contributed by atoms with E-state index in [1.54, 1.807) is 18.9 Å². The molecule has 0 aliphatic heterocycles. The molecule has 0 aromatic heterocycles. The molecule has 1 unspecified atom stereocenters. The number of ether oxygens (including phenoxy) is 1. The molecule has 0 fully saturated rings. The van der Waals surface area contributed by atoms with Crippen molar-refractivity contribution in [2.75, 3.05) is 25.2 Å². The first-order chi connectivity index (χ1) is 6.54. The molecule has 0 saturated carbocycles. The van der Waals surface area contributed by atoms with E-state index < -0.39 is 5.54 Å². The lowest BCUT2D eigenvalue weighted by atomic mass is 10.1. The molecule has 0 amide bonds. The minimum Gasteiger partial charge on any atom is -0.384 e. The lowest BCUT2D eigenvalue weighted by Crippen LogP contribution is -2.47. The van der Waals surface area contributed by atoms with E-state index in [1.807, 2.05) is 6.92 Å². The van der Waals surface area contributed by atoms with E-state index in [1.165, 1.54) is 0 Å². The molecule has 0 aliphatic rings. The molecule has 0 rings (SSSR count). The van der Waals surface area contributed by atoms with Crippen LogP contribution in [0.3, 0.4) is 0 Å². The van der Waals surface area contributed by atoms with Gasteiger partial charge in [-0.25, -0.2) is 0 Å². The van der Waals surface area contributed by atoms with E-state index in [2.05, 4.69) is 25.2 Å². The van der Waals surface area contributed by atoms with E-state index in [9.17, 15) is 0 Å². The highest BCUT2D eigenvalue weighted by molar-refractivity contribution is 7.99. The normalized spacial score (nSPS) is 15.1. The summed E-state index contributed by atoms with van der Waals surface area (Å²) in [6.45, 7) is 6.78. The van der Waals surface area contributed by atoms with Crippen molar-refractivity contribution in [3.05, 3.63) is 0 Å². The van der Waals surface area contributed by atoms with Crippen molar-refractivity contribution in [1.82, 2.24) is 5.32 Å². The van der Waals surface area contributed by atoms with Crippen molar-refractivity contribution in [2.24, 2.45) is 0 Å². The van der Waals surface area contributed by atoms with Crippen molar-refractivity contribution < 1.29 is 4.74 Å². The molecule has 0 saturated heterocycles. The Hall–Kier alpha value is -0.240. The number of methoxy groups -OCH3 is 1. The Morgan fingerprint density at radius 2 is 2.21 bits per heavy atom. The smallest absolute Gasteiger partial charge is 0.113 e. The first kappa shape index (κ1) is 13.8. The van der Waals surface area contributed by atoms with E-state index in [0.29, 0.717) is 6.04 Å². The molecule has 0 aromatic rings. The summed E-state index contributed by atoms with van der Waals surface area (Å²) in [5.74, 6) is 1.73. The topological polar surface area (TPSA) is 45.0 Å². The third-order valence-corrected chi connectivity index (χ3v) is 2.91. The van der Waals surface area contributed by atoms with Crippen LogP contribution in [0.25, 0.3) is 0 Å². The maximum atomic E-state index is 9.03. The second-order valence-corrected chi connectivity index (χ2v) is 4.89. The zero-order valence-corrected chi connectivity index (χ0v) is 10.3. The van der Waals surface area contributed by atoms with Gasteiger partial charge in [-0.1, -0.05) is 0 Å².